The number of carbonyl (C=O) groups is 2. The van der Waals surface area contributed by atoms with Crippen molar-refractivity contribution in [2.75, 3.05) is 50.6 Å². The third kappa shape index (κ3) is 5.81. The van der Waals surface area contributed by atoms with Crippen molar-refractivity contribution in [3.05, 3.63) is 52.0 Å². The number of ether oxygens (including phenoxy) is 2. The van der Waals surface area contributed by atoms with Crippen LogP contribution >= 0.6 is 23.2 Å². The second kappa shape index (κ2) is 10.2. The first-order valence-electron chi connectivity index (χ1n) is 9.87. The maximum atomic E-state index is 12.9. The Kier molecular flexibility index (Phi) is 7.64. The maximum absolute atomic E-state index is 12.9. The SMILES string of the molecule is COC(=O)c1ccc(N2CCN(C)CC2)c(NC(=O)[C@H](C)Oc2ccc(Cl)cc2Cl)c1. The van der Waals surface area contributed by atoms with Crippen LogP contribution in [0.25, 0.3) is 0 Å². The van der Waals surface area contributed by atoms with Gasteiger partial charge in [-0.1, -0.05) is 23.2 Å². The summed E-state index contributed by atoms with van der Waals surface area (Å²) >= 11 is 12.1. The molecule has 0 unspecified atom stereocenters. The van der Waals surface area contributed by atoms with E-state index >= 15 is 0 Å². The molecule has 1 atom stereocenters. The molecule has 1 aliphatic heterocycles. The molecular weight excluding hydrogens is 441 g/mol. The van der Waals surface area contributed by atoms with Crippen LogP contribution in [0.1, 0.15) is 17.3 Å². The first-order valence-corrected chi connectivity index (χ1v) is 10.6. The van der Waals surface area contributed by atoms with Crippen molar-refractivity contribution in [1.29, 1.82) is 0 Å². The lowest BCUT2D eigenvalue weighted by Crippen LogP contribution is -2.45. The van der Waals surface area contributed by atoms with Gasteiger partial charge in [-0.25, -0.2) is 4.79 Å². The number of nitrogens with one attached hydrogen (secondary N) is 1. The van der Waals surface area contributed by atoms with Crippen LogP contribution in [0.2, 0.25) is 10.0 Å². The number of amides is 1. The van der Waals surface area contributed by atoms with Crippen LogP contribution in [-0.4, -0.2) is 63.2 Å². The summed E-state index contributed by atoms with van der Waals surface area (Å²) in [6.45, 7) is 5.05. The van der Waals surface area contributed by atoms with Gasteiger partial charge in [-0.3, -0.25) is 4.79 Å². The molecule has 9 heteroatoms. The number of nitrogens with zero attached hydrogens (tertiary/aromatic N) is 2. The quantitative estimate of drug-likeness (QED) is 0.651. The summed E-state index contributed by atoms with van der Waals surface area (Å²) in [6, 6.07) is 9.95. The van der Waals surface area contributed by atoms with E-state index in [2.05, 4.69) is 22.2 Å². The average molecular weight is 466 g/mol. The molecule has 7 nitrogen and oxygen atoms in total. The minimum Gasteiger partial charge on any atom is -0.479 e. The van der Waals surface area contributed by atoms with Gasteiger partial charge >= 0.3 is 5.97 Å². The topological polar surface area (TPSA) is 71.1 Å². The highest BCUT2D eigenvalue weighted by Crippen LogP contribution is 2.30. The molecule has 0 saturated carbocycles. The smallest absolute Gasteiger partial charge is 0.337 e. The van der Waals surface area contributed by atoms with Gasteiger partial charge in [-0.05, 0) is 50.4 Å². The number of likely N-dealkylation sites (N-methyl/N-ethyl adjacent to an activating group) is 1. The molecule has 1 fully saturated rings. The molecule has 2 aromatic carbocycles. The molecule has 1 N–H and O–H groups in total. The van der Waals surface area contributed by atoms with E-state index in [-0.39, 0.29) is 5.91 Å². The van der Waals surface area contributed by atoms with Crippen molar-refractivity contribution in [3.8, 4) is 5.75 Å². The minimum atomic E-state index is -0.833. The van der Waals surface area contributed by atoms with E-state index in [1.807, 2.05) is 6.07 Å². The first kappa shape index (κ1) is 23.2. The molecule has 31 heavy (non-hydrogen) atoms. The molecule has 0 aromatic heterocycles. The molecule has 1 heterocycles. The van der Waals surface area contributed by atoms with E-state index in [0.717, 1.165) is 31.9 Å². The number of anilines is 2. The number of benzene rings is 2. The molecule has 1 aliphatic rings. The van der Waals surface area contributed by atoms with Gasteiger partial charge in [0.15, 0.2) is 6.10 Å². The fourth-order valence-corrected chi connectivity index (χ4v) is 3.71. The number of methoxy groups -OCH3 is 1. The second-order valence-corrected chi connectivity index (χ2v) is 8.18. The van der Waals surface area contributed by atoms with Crippen LogP contribution in [0.5, 0.6) is 5.75 Å². The van der Waals surface area contributed by atoms with Gasteiger partial charge in [0.25, 0.3) is 5.91 Å². The number of halogens is 2. The lowest BCUT2D eigenvalue weighted by Gasteiger charge is -2.35. The molecule has 166 valence electrons. The Morgan fingerprint density at radius 2 is 1.77 bits per heavy atom. The van der Waals surface area contributed by atoms with Crippen LogP contribution < -0.4 is 15.0 Å². The zero-order chi connectivity index (χ0) is 22.5. The molecule has 0 bridgehead atoms. The fourth-order valence-electron chi connectivity index (χ4n) is 3.25. The predicted octanol–water partition coefficient (Wildman–Crippen LogP) is 3.94. The summed E-state index contributed by atoms with van der Waals surface area (Å²) < 4.78 is 10.5. The van der Waals surface area contributed by atoms with Crippen molar-refractivity contribution in [1.82, 2.24) is 4.90 Å². The van der Waals surface area contributed by atoms with Crippen molar-refractivity contribution >= 4 is 46.5 Å². The number of esters is 1. The van der Waals surface area contributed by atoms with Crippen LogP contribution in [0.3, 0.4) is 0 Å². The van der Waals surface area contributed by atoms with E-state index in [0.29, 0.717) is 27.0 Å². The van der Waals surface area contributed by atoms with Crippen LogP contribution in [-0.2, 0) is 9.53 Å². The second-order valence-electron chi connectivity index (χ2n) is 7.34. The van der Waals surface area contributed by atoms with Gasteiger partial charge in [0.2, 0.25) is 0 Å². The van der Waals surface area contributed by atoms with Gasteiger partial charge in [0.05, 0.1) is 29.1 Å². The van der Waals surface area contributed by atoms with E-state index < -0.39 is 12.1 Å². The van der Waals surface area contributed by atoms with Crippen LogP contribution in [0.15, 0.2) is 36.4 Å². The molecule has 1 saturated heterocycles. The predicted molar refractivity (Wildman–Crippen MR) is 123 cm³/mol. The molecule has 1 amide bonds. The highest BCUT2D eigenvalue weighted by molar-refractivity contribution is 6.35. The zero-order valence-corrected chi connectivity index (χ0v) is 19.2. The minimum absolute atomic E-state index is 0.318. The Hall–Kier alpha value is -2.48. The molecule has 0 spiro atoms. The Morgan fingerprint density at radius 1 is 1.06 bits per heavy atom. The van der Waals surface area contributed by atoms with Crippen LogP contribution in [0.4, 0.5) is 11.4 Å². The summed E-state index contributed by atoms with van der Waals surface area (Å²) in [5, 5.41) is 3.69. The fraction of sp³-hybridized carbons (Fsp3) is 0.364. The van der Waals surface area contributed by atoms with Crippen molar-refractivity contribution in [2.24, 2.45) is 0 Å². The Morgan fingerprint density at radius 3 is 2.42 bits per heavy atom. The summed E-state index contributed by atoms with van der Waals surface area (Å²) in [7, 11) is 3.39. The molecule has 2 aromatic rings. The molecular formula is C22H25Cl2N3O4. The summed E-state index contributed by atoms with van der Waals surface area (Å²) in [6.07, 6.45) is -0.833. The van der Waals surface area contributed by atoms with Crippen LogP contribution in [0, 0.1) is 0 Å². The first-order chi connectivity index (χ1) is 14.8. The Balaban J connectivity index is 1.81. The van der Waals surface area contributed by atoms with Gasteiger partial charge < -0.3 is 24.6 Å². The van der Waals surface area contributed by atoms with Gasteiger partial charge in [-0.15, -0.1) is 0 Å². The van der Waals surface area contributed by atoms with E-state index in [1.54, 1.807) is 37.3 Å². The summed E-state index contributed by atoms with van der Waals surface area (Å²) in [5.41, 5.74) is 1.71. The van der Waals surface area contributed by atoms with Crippen molar-refractivity contribution < 1.29 is 19.1 Å². The monoisotopic (exact) mass is 465 g/mol. The van der Waals surface area contributed by atoms with Gasteiger partial charge in [-0.2, -0.15) is 0 Å². The molecule has 3 rings (SSSR count). The third-order valence-corrected chi connectivity index (χ3v) is 5.62. The van der Waals surface area contributed by atoms with E-state index in [4.69, 9.17) is 32.7 Å². The molecule has 0 radical (unpaired) electrons. The highest BCUT2D eigenvalue weighted by atomic mass is 35.5. The van der Waals surface area contributed by atoms with Crippen molar-refractivity contribution in [2.45, 2.75) is 13.0 Å². The maximum Gasteiger partial charge on any atom is 0.337 e. The Labute approximate surface area is 191 Å². The number of rotatable bonds is 6. The average Bonchev–Trinajstić information content (AvgIpc) is 2.75. The van der Waals surface area contributed by atoms with E-state index in [9.17, 15) is 9.59 Å². The zero-order valence-electron chi connectivity index (χ0n) is 17.7. The number of hydrogen-bond acceptors (Lipinski definition) is 6. The number of hydrogen-bond donors (Lipinski definition) is 1. The normalized spacial score (nSPS) is 15.3. The van der Waals surface area contributed by atoms with Crippen molar-refractivity contribution in [3.63, 3.8) is 0 Å². The highest BCUT2D eigenvalue weighted by Gasteiger charge is 2.22. The Bertz CT molecular complexity index is 962. The van der Waals surface area contributed by atoms with Gasteiger partial charge in [0.1, 0.15) is 5.75 Å². The number of carbonyl (C=O) groups excluding carboxylic acids is 2. The summed E-state index contributed by atoms with van der Waals surface area (Å²) in [4.78, 5) is 29.3. The lowest BCUT2D eigenvalue weighted by molar-refractivity contribution is -0.122. The third-order valence-electron chi connectivity index (χ3n) is 5.09. The molecule has 0 aliphatic carbocycles. The largest absolute Gasteiger partial charge is 0.479 e. The lowest BCUT2D eigenvalue weighted by atomic mass is 10.1. The van der Waals surface area contributed by atoms with Gasteiger partial charge in [0, 0.05) is 31.2 Å². The standard InChI is InChI=1S/C22H25Cl2N3O4/c1-14(31-20-7-5-16(23)13-17(20)24)21(28)25-18-12-15(22(29)30-3)4-6-19(18)27-10-8-26(2)9-11-27/h4-7,12-14H,8-11H2,1-3H3,(H,25,28)/t14-/m0/s1. The van der Waals surface area contributed by atoms with E-state index in [1.165, 1.54) is 7.11 Å². The number of piperazine rings is 1. The summed E-state index contributed by atoms with van der Waals surface area (Å²) in [5.74, 6) is -0.489.